The number of nitrogens with zero attached hydrogens (tertiary/aromatic N) is 5. The molecule has 5 nitrogen and oxygen atoms in total. The molecule has 0 bridgehead atoms. The third kappa shape index (κ3) is 11.0. The fraction of sp³-hybridized carbons (Fsp3) is 0.217. The van der Waals surface area contributed by atoms with E-state index in [1.807, 2.05) is 24.3 Å². The normalized spacial score (nSPS) is 18.6. The first kappa shape index (κ1) is 50.3. The Hall–Kier alpha value is -6.89. The first-order valence-corrected chi connectivity index (χ1v) is 26.9. The molecule has 0 amide bonds. The molecule has 6 heteroatoms. The quantitative estimate of drug-likeness (QED) is 0.143. The summed E-state index contributed by atoms with van der Waals surface area (Å²) in [5.74, 6) is 0.474. The van der Waals surface area contributed by atoms with Crippen molar-refractivity contribution in [1.82, 2.24) is 9.13 Å². The molecule has 11 aromatic rings. The molecular formula is C69H61IrN5-6. The molecule has 0 N–H and O–H groups in total. The van der Waals surface area contributed by atoms with Gasteiger partial charge in [-0.25, -0.2) is 0 Å². The van der Waals surface area contributed by atoms with E-state index < -0.39 is 0 Å². The zero-order chi connectivity index (χ0) is 49.5. The predicted molar refractivity (Wildman–Crippen MR) is 309 cm³/mol. The summed E-state index contributed by atoms with van der Waals surface area (Å²) in [7, 11) is 0. The van der Waals surface area contributed by atoms with Crippen LogP contribution in [0.2, 0.25) is 0 Å². The van der Waals surface area contributed by atoms with Crippen molar-refractivity contribution in [3.63, 3.8) is 0 Å². The first-order valence-electron chi connectivity index (χ1n) is 26.9. The van der Waals surface area contributed by atoms with Crippen molar-refractivity contribution in [2.75, 3.05) is 19.6 Å². The Labute approximate surface area is 456 Å². The van der Waals surface area contributed by atoms with Gasteiger partial charge in [0.1, 0.15) is 0 Å². The largest absolute Gasteiger partial charge is 0.657 e. The molecule has 0 aliphatic carbocycles. The van der Waals surface area contributed by atoms with Crippen molar-refractivity contribution in [3.8, 4) is 22.5 Å². The summed E-state index contributed by atoms with van der Waals surface area (Å²) in [5.41, 5.74) is 14.8. The van der Waals surface area contributed by atoms with Gasteiger partial charge in [-0.1, -0.05) is 154 Å². The Morgan fingerprint density at radius 1 is 0.373 bits per heavy atom. The maximum atomic E-state index is 5.07. The summed E-state index contributed by atoms with van der Waals surface area (Å²) < 4.78 is 4.76. The van der Waals surface area contributed by atoms with Crippen LogP contribution in [0.4, 0.5) is 0 Å². The molecule has 14 rings (SSSR count). The van der Waals surface area contributed by atoms with Crippen molar-refractivity contribution >= 4 is 43.6 Å². The number of para-hydroxylation sites is 4. The van der Waals surface area contributed by atoms with Gasteiger partial charge >= 0.3 is 0 Å². The van der Waals surface area contributed by atoms with Crippen LogP contribution in [0.3, 0.4) is 0 Å². The third-order valence-electron chi connectivity index (χ3n) is 15.4. The van der Waals surface area contributed by atoms with E-state index in [4.69, 9.17) is 5.32 Å². The van der Waals surface area contributed by atoms with Gasteiger partial charge in [-0.15, -0.1) is 43.3 Å². The zero-order valence-corrected chi connectivity index (χ0v) is 44.8. The molecule has 3 saturated heterocycles. The number of benzene rings is 9. The summed E-state index contributed by atoms with van der Waals surface area (Å²) in [6, 6.07) is 87.0. The van der Waals surface area contributed by atoms with Crippen molar-refractivity contribution in [3.05, 3.63) is 269 Å². The molecule has 3 aliphatic heterocycles. The number of aromatic nitrogens is 2. The van der Waals surface area contributed by atoms with Gasteiger partial charge in [0.2, 0.25) is 0 Å². The molecule has 1 radical (unpaired) electrons. The van der Waals surface area contributed by atoms with Crippen molar-refractivity contribution in [2.45, 2.75) is 75.4 Å². The van der Waals surface area contributed by atoms with Gasteiger partial charge in [0.25, 0.3) is 0 Å². The van der Waals surface area contributed by atoms with Gasteiger partial charge in [-0.05, 0) is 60.0 Å². The number of hydrogen-bond donors (Lipinski definition) is 0. The van der Waals surface area contributed by atoms with E-state index in [0.29, 0.717) is 18.0 Å². The third-order valence-corrected chi connectivity index (χ3v) is 15.4. The van der Waals surface area contributed by atoms with Crippen molar-refractivity contribution in [1.29, 1.82) is 0 Å². The second-order valence-corrected chi connectivity index (χ2v) is 20.0. The van der Waals surface area contributed by atoms with Crippen LogP contribution in [0.1, 0.15) is 97.7 Å². The van der Waals surface area contributed by atoms with E-state index in [0.717, 1.165) is 32.5 Å². The fourth-order valence-electron chi connectivity index (χ4n) is 11.6. The molecule has 377 valence electrons. The Morgan fingerprint density at radius 3 is 1.40 bits per heavy atom. The van der Waals surface area contributed by atoms with E-state index >= 15 is 0 Å². The van der Waals surface area contributed by atoms with Crippen molar-refractivity contribution < 1.29 is 20.1 Å². The van der Waals surface area contributed by atoms with E-state index in [-0.39, 0.29) is 26.1 Å². The second-order valence-electron chi connectivity index (χ2n) is 20.0. The van der Waals surface area contributed by atoms with Crippen LogP contribution >= 0.6 is 0 Å². The minimum atomic E-state index is 0. The summed E-state index contributed by atoms with van der Waals surface area (Å²) in [4.78, 5) is 0. The minimum Gasteiger partial charge on any atom is -0.657 e. The van der Waals surface area contributed by atoms with E-state index in [1.165, 1.54) is 127 Å². The summed E-state index contributed by atoms with van der Waals surface area (Å²) in [5, 5.41) is 19.3. The van der Waals surface area contributed by atoms with Gasteiger partial charge in [0, 0.05) is 53.0 Å². The van der Waals surface area contributed by atoms with Crippen molar-refractivity contribution in [2.24, 2.45) is 0 Å². The number of rotatable bonds is 7. The van der Waals surface area contributed by atoms with Crippen LogP contribution in [0.25, 0.3) is 82.1 Å². The molecule has 2 aromatic heterocycles. The van der Waals surface area contributed by atoms with Crippen LogP contribution in [0.5, 0.6) is 0 Å². The molecule has 5 heterocycles. The van der Waals surface area contributed by atoms with E-state index in [1.54, 1.807) is 0 Å². The van der Waals surface area contributed by atoms with Crippen LogP contribution < -0.4 is 0 Å². The molecular weight excluding hydrogens is 1090 g/mol. The molecule has 75 heavy (non-hydrogen) atoms. The minimum absolute atomic E-state index is 0. The Kier molecular flexibility index (Phi) is 15.9. The summed E-state index contributed by atoms with van der Waals surface area (Å²) >= 11 is 0. The molecule has 3 aliphatic rings. The molecule has 0 spiro atoms. The van der Waals surface area contributed by atoms with Crippen LogP contribution in [0, 0.1) is 18.2 Å². The average Bonchev–Trinajstić information content (AvgIpc) is 4.02. The SMILES string of the molecule is [Ir].[c-]1cc(-c2ccc3c(c2)c2ccccc2n3-c2ccccc2)ccc1C1CC(c2ccc(-n3c4ccccc4c4ccccc43)cc2)CC[N-]1.[c-]1ccccc1C1CCCC[N-]1.[c-]1ccccc1C1CCCC[N-]1. The maximum Gasteiger partial charge on any atom is 0.0541 e. The van der Waals surface area contributed by atoms with Crippen LogP contribution in [-0.4, -0.2) is 28.8 Å². The maximum absolute atomic E-state index is 5.07. The van der Waals surface area contributed by atoms with Crippen LogP contribution in [-0.2, 0) is 20.1 Å². The standard InChI is InChI=1S/C47H35N3.2C11H13N.Ir/c1-2-10-37(11-3-1)49-46-17-9-6-14-41(46)42-30-35(24-27-47(42)49)32-18-20-34(21-19-32)43-31-36(28-29-48-43)33-22-25-38(26-23-33)50-44-15-7-4-12-39(44)40-13-5-8-16-45(40)50;2*1-2-6-10(7-3-1)11-8-4-5-9-12-11;/h1-20,22-27,30,36,43H,28-29,31H2;2*1-3,6,11H,4-5,8-9H2;/q3*-2;. The average molecular weight is 1150 g/mol. The second kappa shape index (κ2) is 23.8. The van der Waals surface area contributed by atoms with Gasteiger partial charge in [-0.3, -0.25) is 0 Å². The molecule has 3 fully saturated rings. The first-order chi connectivity index (χ1) is 36.7. The van der Waals surface area contributed by atoms with Crippen LogP contribution in [0.15, 0.2) is 212 Å². The zero-order valence-electron chi connectivity index (χ0n) is 42.4. The van der Waals surface area contributed by atoms with Gasteiger partial charge in [-0.2, -0.15) is 102 Å². The topological polar surface area (TPSA) is 52.2 Å². The predicted octanol–water partition coefficient (Wildman–Crippen LogP) is 18.5. The molecule has 4 unspecified atom stereocenters. The monoisotopic (exact) mass is 1150 g/mol. The molecule has 9 aromatic carbocycles. The van der Waals surface area contributed by atoms with Gasteiger partial charge in [0.05, 0.1) is 22.1 Å². The van der Waals surface area contributed by atoms with Gasteiger partial charge < -0.3 is 25.1 Å². The Balaban J connectivity index is 0.000000196. The van der Waals surface area contributed by atoms with E-state index in [9.17, 15) is 0 Å². The molecule has 4 atom stereocenters. The number of fused-ring (bicyclic) bond motifs is 6. The summed E-state index contributed by atoms with van der Waals surface area (Å²) in [6.07, 6.45) is 9.68. The molecule has 0 saturated carbocycles. The summed E-state index contributed by atoms with van der Waals surface area (Å²) in [6.45, 7) is 2.95. The smallest absolute Gasteiger partial charge is 0.0541 e. The Bertz CT molecular complexity index is 3470. The number of hydrogen-bond acceptors (Lipinski definition) is 0. The fourth-order valence-corrected chi connectivity index (χ4v) is 11.6. The Morgan fingerprint density at radius 2 is 0.867 bits per heavy atom. The number of piperidine rings is 3. The van der Waals surface area contributed by atoms with Gasteiger partial charge in [0.15, 0.2) is 0 Å². The van der Waals surface area contributed by atoms with E-state index in [2.05, 4.69) is 226 Å².